The van der Waals surface area contributed by atoms with Crippen LogP contribution in [0.25, 0.3) is 0 Å². The lowest BCUT2D eigenvalue weighted by Crippen LogP contribution is -2.53. The zero-order valence-corrected chi connectivity index (χ0v) is 14.4. The van der Waals surface area contributed by atoms with E-state index in [0.717, 1.165) is 0 Å². The van der Waals surface area contributed by atoms with Gasteiger partial charge in [-0.25, -0.2) is 0 Å². The third-order valence-corrected chi connectivity index (χ3v) is 5.29. The summed E-state index contributed by atoms with van der Waals surface area (Å²) in [6.45, 7) is 3.43. The second kappa shape index (κ2) is 6.95. The predicted molar refractivity (Wildman–Crippen MR) is 87.3 cm³/mol. The highest BCUT2D eigenvalue weighted by Crippen LogP contribution is 2.33. The van der Waals surface area contributed by atoms with Gasteiger partial charge in [-0.3, -0.25) is 9.59 Å². The molecule has 0 aromatic carbocycles. The Bertz CT molecular complexity index is 425. The normalized spacial score (nSPS) is 42.6. The zero-order chi connectivity index (χ0) is 18.8. The number of carboxylic acid groups (broad SMARTS) is 2. The van der Waals surface area contributed by atoms with Crippen molar-refractivity contribution in [3.63, 3.8) is 0 Å². The first kappa shape index (κ1) is 20.8. The fourth-order valence-electron chi connectivity index (χ4n) is 2.90. The van der Waals surface area contributed by atoms with Crippen LogP contribution >= 0.6 is 0 Å². The van der Waals surface area contributed by atoms with Gasteiger partial charge in [0.2, 0.25) is 0 Å². The number of rotatable bonds is 2. The van der Waals surface area contributed by atoms with Crippen molar-refractivity contribution in [1.82, 2.24) is 0 Å². The predicted octanol–water partition coefficient (Wildman–Crippen LogP) is 0.187. The first-order valence-corrected chi connectivity index (χ1v) is 8.21. The Balaban J connectivity index is 0.000000240. The van der Waals surface area contributed by atoms with Crippen LogP contribution in [0.3, 0.4) is 0 Å². The van der Waals surface area contributed by atoms with Gasteiger partial charge in [0, 0.05) is 0 Å². The highest BCUT2D eigenvalue weighted by molar-refractivity contribution is 5.79. The van der Waals surface area contributed by atoms with E-state index in [1.165, 1.54) is 0 Å². The summed E-state index contributed by atoms with van der Waals surface area (Å²) in [5.74, 6) is -1.92. The first-order chi connectivity index (χ1) is 10.7. The van der Waals surface area contributed by atoms with Crippen molar-refractivity contribution >= 4 is 11.9 Å². The van der Waals surface area contributed by atoms with Gasteiger partial charge in [-0.2, -0.15) is 0 Å². The van der Waals surface area contributed by atoms with Crippen molar-refractivity contribution in [2.45, 2.75) is 87.5 Å². The molecule has 8 nitrogen and oxygen atoms in total. The summed E-state index contributed by atoms with van der Waals surface area (Å²) >= 11 is 0. The Kier molecular flexibility index (Phi) is 6.03. The molecular formula is C16H30N2O6. The van der Waals surface area contributed by atoms with Crippen LogP contribution in [0.15, 0.2) is 0 Å². The molecule has 0 heterocycles. The average molecular weight is 346 g/mol. The van der Waals surface area contributed by atoms with Gasteiger partial charge in [0.1, 0.15) is 11.1 Å². The van der Waals surface area contributed by atoms with E-state index in [2.05, 4.69) is 0 Å². The van der Waals surface area contributed by atoms with Crippen LogP contribution in [0.5, 0.6) is 0 Å². The van der Waals surface area contributed by atoms with Crippen molar-refractivity contribution in [3.05, 3.63) is 0 Å². The smallest absolute Gasteiger partial charge is 0.323 e. The van der Waals surface area contributed by atoms with E-state index in [-0.39, 0.29) is 0 Å². The molecule has 140 valence electrons. The largest absolute Gasteiger partial charge is 0.480 e. The fourth-order valence-corrected chi connectivity index (χ4v) is 2.90. The summed E-state index contributed by atoms with van der Waals surface area (Å²) in [4.78, 5) is 21.4. The molecule has 24 heavy (non-hydrogen) atoms. The monoisotopic (exact) mass is 346 g/mol. The third kappa shape index (κ3) is 5.41. The molecule has 2 fully saturated rings. The summed E-state index contributed by atoms with van der Waals surface area (Å²) in [6.07, 6.45) is 3.30. The second-order valence-corrected chi connectivity index (χ2v) is 7.92. The molecule has 0 radical (unpaired) electrons. The molecule has 0 atom stereocenters. The van der Waals surface area contributed by atoms with E-state index in [0.29, 0.717) is 51.4 Å². The number of hydrogen-bond donors (Lipinski definition) is 6. The molecular weight excluding hydrogens is 316 g/mol. The van der Waals surface area contributed by atoms with E-state index in [1.54, 1.807) is 13.8 Å². The van der Waals surface area contributed by atoms with E-state index in [9.17, 15) is 19.8 Å². The minimum Gasteiger partial charge on any atom is -0.480 e. The van der Waals surface area contributed by atoms with E-state index in [1.807, 2.05) is 0 Å². The number of carboxylic acids is 2. The second-order valence-electron chi connectivity index (χ2n) is 7.92. The Hall–Kier alpha value is -1.22. The summed E-state index contributed by atoms with van der Waals surface area (Å²) < 4.78 is 0. The number of nitrogens with two attached hydrogens (primary N) is 2. The maximum Gasteiger partial charge on any atom is 0.323 e. The molecule has 0 amide bonds. The van der Waals surface area contributed by atoms with E-state index >= 15 is 0 Å². The molecule has 8 heteroatoms. The van der Waals surface area contributed by atoms with Gasteiger partial charge in [-0.15, -0.1) is 0 Å². The number of hydrogen-bond acceptors (Lipinski definition) is 6. The molecule has 0 unspecified atom stereocenters. The maximum atomic E-state index is 10.7. The van der Waals surface area contributed by atoms with Crippen LogP contribution in [0.1, 0.15) is 65.2 Å². The number of aliphatic hydroxyl groups is 2. The van der Waals surface area contributed by atoms with E-state index in [4.69, 9.17) is 21.7 Å². The van der Waals surface area contributed by atoms with E-state index < -0.39 is 34.2 Å². The lowest BCUT2D eigenvalue weighted by Gasteiger charge is -2.37. The molecule has 0 aromatic rings. The first-order valence-electron chi connectivity index (χ1n) is 8.21. The number of aliphatic carboxylic acids is 2. The van der Waals surface area contributed by atoms with Gasteiger partial charge in [0.05, 0.1) is 11.2 Å². The maximum absolute atomic E-state index is 10.7. The molecule has 2 aliphatic rings. The summed E-state index contributed by atoms with van der Waals surface area (Å²) in [7, 11) is 0. The summed E-state index contributed by atoms with van der Waals surface area (Å²) in [6, 6.07) is 0. The molecule has 0 bridgehead atoms. The van der Waals surface area contributed by atoms with Gasteiger partial charge >= 0.3 is 11.9 Å². The quantitative estimate of drug-likeness (QED) is 0.412. The Morgan fingerprint density at radius 1 is 0.667 bits per heavy atom. The highest BCUT2D eigenvalue weighted by Gasteiger charge is 2.42. The molecule has 2 rings (SSSR count). The lowest BCUT2D eigenvalue weighted by atomic mass is 9.75. The molecule has 2 saturated carbocycles. The molecule has 8 N–H and O–H groups in total. The van der Waals surface area contributed by atoms with Gasteiger partial charge in [0.25, 0.3) is 0 Å². The van der Waals surface area contributed by atoms with Crippen molar-refractivity contribution in [3.8, 4) is 0 Å². The fraction of sp³-hybridized carbons (Fsp3) is 0.875. The summed E-state index contributed by atoms with van der Waals surface area (Å²) in [5.41, 5.74) is 7.56. The van der Waals surface area contributed by atoms with Crippen LogP contribution in [0.4, 0.5) is 0 Å². The van der Waals surface area contributed by atoms with Crippen LogP contribution < -0.4 is 11.5 Å². The molecule has 2 aliphatic carbocycles. The minimum atomic E-state index is -1.11. The standard InChI is InChI=1S/2C8H15NO3/c2*1-7(12)2-4-8(9,5-3-7)6(10)11/h2*12H,2-5,9H2,1H3,(H,10,11). The molecule has 0 saturated heterocycles. The molecule has 0 aromatic heterocycles. The highest BCUT2D eigenvalue weighted by atomic mass is 16.4. The Morgan fingerprint density at radius 3 is 1.04 bits per heavy atom. The Labute approximate surface area is 141 Å². The Morgan fingerprint density at radius 2 is 0.875 bits per heavy atom. The third-order valence-electron chi connectivity index (χ3n) is 5.29. The van der Waals surface area contributed by atoms with Crippen molar-refractivity contribution in [2.75, 3.05) is 0 Å². The number of carbonyl (C=O) groups is 2. The van der Waals surface area contributed by atoms with Crippen molar-refractivity contribution in [1.29, 1.82) is 0 Å². The van der Waals surface area contributed by atoms with Crippen molar-refractivity contribution in [2.24, 2.45) is 11.5 Å². The van der Waals surface area contributed by atoms with Gasteiger partial charge in [0.15, 0.2) is 0 Å². The van der Waals surface area contributed by atoms with Crippen LogP contribution in [-0.2, 0) is 9.59 Å². The van der Waals surface area contributed by atoms with Crippen LogP contribution in [0.2, 0.25) is 0 Å². The lowest BCUT2D eigenvalue weighted by molar-refractivity contribution is -0.147. The minimum absolute atomic E-state index is 0.356. The van der Waals surface area contributed by atoms with Gasteiger partial charge in [-0.1, -0.05) is 0 Å². The topological polar surface area (TPSA) is 167 Å². The van der Waals surface area contributed by atoms with Gasteiger partial charge < -0.3 is 31.9 Å². The molecule has 0 aliphatic heterocycles. The van der Waals surface area contributed by atoms with Gasteiger partial charge in [-0.05, 0) is 65.2 Å². The molecule has 0 spiro atoms. The van der Waals surface area contributed by atoms with Crippen LogP contribution in [0, 0.1) is 0 Å². The average Bonchev–Trinajstić information content (AvgIpc) is 2.46. The SMILES string of the molecule is CC1(O)CCC(N)(C(=O)O)CC1.CC1(O)CCC(N)(C(=O)O)CC1. The zero-order valence-electron chi connectivity index (χ0n) is 14.4. The summed E-state index contributed by atoms with van der Waals surface area (Å²) in [5, 5.41) is 36.6. The van der Waals surface area contributed by atoms with Crippen LogP contribution in [-0.4, -0.2) is 54.6 Å². The van der Waals surface area contributed by atoms with Crippen molar-refractivity contribution < 1.29 is 30.0 Å².